The minimum absolute atomic E-state index is 0.0917. The molecular weight excluding hydrogens is 232 g/mol. The summed E-state index contributed by atoms with van der Waals surface area (Å²) in [4.78, 5) is 21.9. The monoisotopic (exact) mass is 256 g/mol. The van der Waals surface area contributed by atoms with Crippen molar-refractivity contribution in [3.63, 3.8) is 0 Å². The van der Waals surface area contributed by atoms with Crippen molar-refractivity contribution in [1.29, 1.82) is 0 Å². The van der Waals surface area contributed by atoms with Gasteiger partial charge in [-0.05, 0) is 31.6 Å². The van der Waals surface area contributed by atoms with Crippen molar-refractivity contribution >= 4 is 12.0 Å². The Labute approximate surface area is 108 Å². The van der Waals surface area contributed by atoms with Crippen LogP contribution in [0.1, 0.15) is 51.9 Å². The van der Waals surface area contributed by atoms with E-state index in [4.69, 9.17) is 5.11 Å². The van der Waals surface area contributed by atoms with E-state index in [0.717, 1.165) is 32.1 Å². The zero-order valence-corrected chi connectivity index (χ0v) is 11.1. The van der Waals surface area contributed by atoms with Crippen LogP contribution in [0.25, 0.3) is 0 Å². The summed E-state index contributed by atoms with van der Waals surface area (Å²) in [5.41, 5.74) is 0. The Kier molecular flexibility index (Phi) is 6.54. The van der Waals surface area contributed by atoms with E-state index < -0.39 is 5.97 Å². The first kappa shape index (κ1) is 14.8. The van der Waals surface area contributed by atoms with Crippen LogP contribution < -0.4 is 10.6 Å². The second-order valence-corrected chi connectivity index (χ2v) is 5.05. The van der Waals surface area contributed by atoms with Gasteiger partial charge < -0.3 is 15.7 Å². The van der Waals surface area contributed by atoms with E-state index in [1.54, 1.807) is 0 Å². The molecule has 1 saturated carbocycles. The van der Waals surface area contributed by atoms with Gasteiger partial charge in [-0.25, -0.2) is 4.79 Å². The molecule has 1 aliphatic rings. The second kappa shape index (κ2) is 7.95. The average molecular weight is 256 g/mol. The van der Waals surface area contributed by atoms with Crippen molar-refractivity contribution in [3.8, 4) is 0 Å². The van der Waals surface area contributed by atoms with Gasteiger partial charge in [-0.3, -0.25) is 4.79 Å². The maximum atomic E-state index is 11.4. The third-order valence-electron chi connectivity index (χ3n) is 3.21. The molecule has 0 aromatic rings. The van der Waals surface area contributed by atoms with Crippen LogP contribution in [-0.4, -0.2) is 29.7 Å². The van der Waals surface area contributed by atoms with Crippen LogP contribution in [0.5, 0.6) is 0 Å². The molecule has 0 aromatic carbocycles. The molecule has 0 spiro atoms. The molecule has 0 heterocycles. The third kappa shape index (κ3) is 7.14. The first-order valence-corrected chi connectivity index (χ1v) is 6.88. The van der Waals surface area contributed by atoms with Crippen molar-refractivity contribution in [2.24, 2.45) is 5.92 Å². The van der Waals surface area contributed by atoms with E-state index in [2.05, 4.69) is 17.6 Å². The van der Waals surface area contributed by atoms with Crippen molar-refractivity contribution in [1.82, 2.24) is 10.6 Å². The lowest BCUT2D eigenvalue weighted by atomic mass is 9.94. The number of hydrogen-bond donors (Lipinski definition) is 3. The highest BCUT2D eigenvalue weighted by molar-refractivity contribution is 5.74. The molecule has 0 aliphatic heterocycles. The van der Waals surface area contributed by atoms with Gasteiger partial charge in [0.05, 0.1) is 0 Å². The molecule has 0 aromatic heterocycles. The van der Waals surface area contributed by atoms with Gasteiger partial charge in [0.15, 0.2) is 0 Å². The largest absolute Gasteiger partial charge is 0.481 e. The Hall–Kier alpha value is -1.26. The molecule has 1 fully saturated rings. The highest BCUT2D eigenvalue weighted by Crippen LogP contribution is 2.19. The topological polar surface area (TPSA) is 78.4 Å². The van der Waals surface area contributed by atoms with Gasteiger partial charge in [-0.2, -0.15) is 0 Å². The van der Waals surface area contributed by atoms with Crippen LogP contribution in [0.2, 0.25) is 0 Å². The van der Waals surface area contributed by atoms with Gasteiger partial charge in [0.25, 0.3) is 0 Å². The number of urea groups is 1. The molecule has 0 saturated heterocycles. The minimum Gasteiger partial charge on any atom is -0.481 e. The molecule has 1 atom stereocenters. The van der Waals surface area contributed by atoms with E-state index in [-0.39, 0.29) is 12.5 Å². The number of carbonyl (C=O) groups is 2. The molecule has 0 bridgehead atoms. The lowest BCUT2D eigenvalue weighted by Gasteiger charge is -2.15. The highest BCUT2D eigenvalue weighted by atomic mass is 16.4. The van der Waals surface area contributed by atoms with E-state index in [1.807, 2.05) is 0 Å². The third-order valence-corrected chi connectivity index (χ3v) is 3.21. The fourth-order valence-corrected chi connectivity index (χ4v) is 2.02. The number of aliphatic carboxylic acids is 1. The summed E-state index contributed by atoms with van der Waals surface area (Å²) in [6.45, 7) is 2.73. The van der Waals surface area contributed by atoms with Gasteiger partial charge in [0.2, 0.25) is 0 Å². The normalized spacial score (nSPS) is 16.1. The predicted molar refractivity (Wildman–Crippen MR) is 69.4 cm³/mol. The van der Waals surface area contributed by atoms with E-state index in [9.17, 15) is 9.59 Å². The molecule has 5 nitrogen and oxygen atoms in total. The number of nitrogens with one attached hydrogen (secondary N) is 2. The Morgan fingerprint density at radius 2 is 2.00 bits per heavy atom. The number of hydrogen-bond acceptors (Lipinski definition) is 2. The Balaban J connectivity index is 2.10. The van der Waals surface area contributed by atoms with E-state index >= 15 is 0 Å². The summed E-state index contributed by atoms with van der Waals surface area (Å²) >= 11 is 0. The number of carboxylic acids is 1. The van der Waals surface area contributed by atoms with Crippen molar-refractivity contribution in [2.45, 2.75) is 57.9 Å². The first-order valence-electron chi connectivity index (χ1n) is 6.88. The van der Waals surface area contributed by atoms with Crippen molar-refractivity contribution in [2.75, 3.05) is 6.54 Å². The number of rotatable bonds is 9. The standard InChI is InChI=1S/C13H24N2O3/c1-2-3-10(4-7-12(16)17)8-9-14-13(18)15-11-5-6-11/h10-11H,2-9H2,1H3,(H,16,17)(H2,14,15,18). The summed E-state index contributed by atoms with van der Waals surface area (Å²) in [6.07, 6.45) is 6.04. The molecule has 3 N–H and O–H groups in total. The lowest BCUT2D eigenvalue weighted by Crippen LogP contribution is -2.37. The van der Waals surface area contributed by atoms with Crippen LogP contribution in [0.4, 0.5) is 4.79 Å². The van der Waals surface area contributed by atoms with Crippen molar-refractivity contribution in [3.05, 3.63) is 0 Å². The van der Waals surface area contributed by atoms with Crippen molar-refractivity contribution < 1.29 is 14.7 Å². The summed E-state index contributed by atoms with van der Waals surface area (Å²) in [5.74, 6) is -0.345. The number of amides is 2. The quantitative estimate of drug-likeness (QED) is 0.591. The van der Waals surface area contributed by atoms with Gasteiger partial charge in [-0.15, -0.1) is 0 Å². The number of carbonyl (C=O) groups excluding carboxylic acids is 1. The second-order valence-electron chi connectivity index (χ2n) is 5.05. The maximum absolute atomic E-state index is 11.4. The first-order chi connectivity index (χ1) is 8.61. The maximum Gasteiger partial charge on any atom is 0.315 e. The zero-order valence-electron chi connectivity index (χ0n) is 11.1. The summed E-state index contributed by atoms with van der Waals surface area (Å²) in [7, 11) is 0. The van der Waals surface area contributed by atoms with Crippen LogP contribution in [0, 0.1) is 5.92 Å². The van der Waals surface area contributed by atoms with Gasteiger partial charge in [0.1, 0.15) is 0 Å². The lowest BCUT2D eigenvalue weighted by molar-refractivity contribution is -0.137. The van der Waals surface area contributed by atoms with E-state index in [0.29, 0.717) is 24.9 Å². The molecule has 104 valence electrons. The van der Waals surface area contributed by atoms with Gasteiger partial charge >= 0.3 is 12.0 Å². The van der Waals surface area contributed by atoms with Crippen LogP contribution in [0.15, 0.2) is 0 Å². The fourth-order valence-electron chi connectivity index (χ4n) is 2.02. The summed E-state index contributed by atoms with van der Waals surface area (Å²) < 4.78 is 0. The van der Waals surface area contributed by atoms with E-state index in [1.165, 1.54) is 0 Å². The molecule has 1 aliphatic carbocycles. The molecule has 1 rings (SSSR count). The molecular formula is C13H24N2O3. The van der Waals surface area contributed by atoms with Gasteiger partial charge in [-0.1, -0.05) is 19.8 Å². The van der Waals surface area contributed by atoms with Crippen LogP contribution in [-0.2, 0) is 4.79 Å². The average Bonchev–Trinajstić information content (AvgIpc) is 3.09. The Morgan fingerprint density at radius 1 is 1.28 bits per heavy atom. The van der Waals surface area contributed by atoms with Crippen LogP contribution >= 0.6 is 0 Å². The predicted octanol–water partition coefficient (Wildman–Crippen LogP) is 2.12. The highest BCUT2D eigenvalue weighted by Gasteiger charge is 2.22. The SMILES string of the molecule is CCCC(CCNC(=O)NC1CC1)CCC(=O)O. The molecule has 2 amide bonds. The summed E-state index contributed by atoms with van der Waals surface area (Å²) in [6, 6.07) is 0.287. The van der Waals surface area contributed by atoms with Gasteiger partial charge in [0, 0.05) is 19.0 Å². The Bertz CT molecular complexity index is 277. The zero-order chi connectivity index (χ0) is 13.4. The summed E-state index contributed by atoms with van der Waals surface area (Å²) in [5, 5.41) is 14.4. The smallest absolute Gasteiger partial charge is 0.315 e. The molecule has 5 heteroatoms. The molecule has 18 heavy (non-hydrogen) atoms. The fraction of sp³-hybridized carbons (Fsp3) is 0.846. The Morgan fingerprint density at radius 3 is 2.56 bits per heavy atom. The van der Waals surface area contributed by atoms with Crippen LogP contribution in [0.3, 0.4) is 0 Å². The minimum atomic E-state index is -0.740. The molecule has 0 radical (unpaired) electrons. The number of carboxylic acid groups (broad SMARTS) is 1. The molecule has 1 unspecified atom stereocenters.